The highest BCUT2D eigenvalue weighted by Crippen LogP contribution is 2.12. The minimum Gasteiger partial charge on any atom is -0.370 e. The molecule has 0 aromatic heterocycles. The Morgan fingerprint density at radius 1 is 0.684 bits per heavy atom. The van der Waals surface area contributed by atoms with Crippen LogP contribution in [-0.2, 0) is 4.79 Å². The number of nitrogens with two attached hydrogens (primary N) is 1. The summed E-state index contributed by atoms with van der Waals surface area (Å²) in [5.74, 6) is -0.155. The topological polar surface area (TPSA) is 43.1 Å². The van der Waals surface area contributed by atoms with Gasteiger partial charge in [-0.15, -0.1) is 0 Å². The summed E-state index contributed by atoms with van der Waals surface area (Å²) in [5, 5.41) is 0. The van der Waals surface area contributed by atoms with Crippen LogP contribution in [0.4, 0.5) is 0 Å². The molecule has 2 nitrogen and oxygen atoms in total. The van der Waals surface area contributed by atoms with Crippen LogP contribution >= 0.6 is 0 Å². The Kier molecular flexibility index (Phi) is 19.1. The van der Waals surface area contributed by atoms with E-state index in [0.717, 1.165) is 6.42 Å². The Hall–Kier alpha value is -0.530. The standard InChI is InChI=1S/C16H33NO.CH4/c1-2-3-4-5-6-7-8-9-10-11-12-13-14-15-16(17)18;/h2-15H2,1H3,(H2,17,18);1H4. The van der Waals surface area contributed by atoms with Crippen molar-refractivity contribution in [2.45, 2.75) is 104 Å². The first-order chi connectivity index (χ1) is 8.77. The van der Waals surface area contributed by atoms with E-state index in [9.17, 15) is 4.79 Å². The molecule has 0 bridgehead atoms. The second-order valence-electron chi connectivity index (χ2n) is 5.46. The van der Waals surface area contributed by atoms with Gasteiger partial charge in [-0.25, -0.2) is 0 Å². The summed E-state index contributed by atoms with van der Waals surface area (Å²) in [4.78, 5) is 10.5. The fourth-order valence-corrected chi connectivity index (χ4v) is 2.32. The summed E-state index contributed by atoms with van der Waals surface area (Å²) < 4.78 is 0. The number of carbonyl (C=O) groups excluding carboxylic acids is 1. The van der Waals surface area contributed by atoms with Crippen LogP contribution in [-0.4, -0.2) is 5.91 Å². The lowest BCUT2D eigenvalue weighted by molar-refractivity contribution is -0.118. The van der Waals surface area contributed by atoms with Crippen LogP contribution in [0.2, 0.25) is 0 Å². The molecule has 0 saturated carbocycles. The quantitative estimate of drug-likeness (QED) is 0.411. The molecule has 2 N–H and O–H groups in total. The van der Waals surface area contributed by atoms with Gasteiger partial charge in [-0.3, -0.25) is 4.79 Å². The van der Waals surface area contributed by atoms with Crippen LogP contribution in [0.15, 0.2) is 0 Å². The largest absolute Gasteiger partial charge is 0.370 e. The Bertz CT molecular complexity index is 180. The van der Waals surface area contributed by atoms with Gasteiger partial charge in [0, 0.05) is 6.42 Å². The van der Waals surface area contributed by atoms with Crippen molar-refractivity contribution in [2.75, 3.05) is 0 Å². The lowest BCUT2D eigenvalue weighted by Crippen LogP contribution is -2.09. The molecule has 116 valence electrons. The number of carbonyl (C=O) groups is 1. The third kappa shape index (κ3) is 20.0. The molecule has 0 rings (SSSR count). The van der Waals surface area contributed by atoms with Crippen LogP contribution in [0.1, 0.15) is 104 Å². The van der Waals surface area contributed by atoms with Gasteiger partial charge in [0.25, 0.3) is 0 Å². The van der Waals surface area contributed by atoms with E-state index < -0.39 is 0 Å². The van der Waals surface area contributed by atoms with E-state index in [4.69, 9.17) is 5.73 Å². The summed E-state index contributed by atoms with van der Waals surface area (Å²) >= 11 is 0. The molecule has 0 unspecified atom stereocenters. The number of hydrogen-bond acceptors (Lipinski definition) is 1. The molecule has 0 aromatic carbocycles. The highest BCUT2D eigenvalue weighted by atomic mass is 16.1. The van der Waals surface area contributed by atoms with Gasteiger partial charge in [-0.1, -0.05) is 91.4 Å². The summed E-state index contributed by atoms with van der Waals surface area (Å²) in [7, 11) is 0. The molecule has 0 saturated heterocycles. The number of primary amides is 1. The highest BCUT2D eigenvalue weighted by Gasteiger charge is 1.95. The average Bonchev–Trinajstić information content (AvgIpc) is 2.34. The minimum absolute atomic E-state index is 0. The van der Waals surface area contributed by atoms with Crippen LogP contribution in [0, 0.1) is 0 Å². The minimum atomic E-state index is -0.155. The zero-order chi connectivity index (χ0) is 13.5. The van der Waals surface area contributed by atoms with Crippen molar-refractivity contribution in [3.63, 3.8) is 0 Å². The molecule has 1 amide bonds. The molecular formula is C17H37NO. The number of unbranched alkanes of at least 4 members (excludes halogenated alkanes) is 12. The first-order valence-corrected chi connectivity index (χ1v) is 8.05. The first kappa shape index (κ1) is 20.8. The average molecular weight is 271 g/mol. The predicted molar refractivity (Wildman–Crippen MR) is 86.2 cm³/mol. The van der Waals surface area contributed by atoms with Crippen LogP contribution in [0.5, 0.6) is 0 Å². The van der Waals surface area contributed by atoms with Gasteiger partial charge in [0.1, 0.15) is 0 Å². The molecule has 0 aliphatic heterocycles. The van der Waals surface area contributed by atoms with Crippen molar-refractivity contribution in [2.24, 2.45) is 5.73 Å². The van der Waals surface area contributed by atoms with Gasteiger partial charge >= 0.3 is 0 Å². The lowest BCUT2D eigenvalue weighted by Gasteiger charge is -2.02. The maximum absolute atomic E-state index is 10.5. The lowest BCUT2D eigenvalue weighted by atomic mass is 10.0. The molecule has 0 aromatic rings. The second kappa shape index (κ2) is 17.5. The third-order valence-electron chi connectivity index (χ3n) is 3.53. The molecule has 0 heterocycles. The molecule has 0 spiro atoms. The monoisotopic (exact) mass is 271 g/mol. The van der Waals surface area contributed by atoms with E-state index in [2.05, 4.69) is 6.92 Å². The molecule has 0 radical (unpaired) electrons. The summed E-state index contributed by atoms with van der Waals surface area (Å²) in [6, 6.07) is 0. The smallest absolute Gasteiger partial charge is 0.217 e. The maximum Gasteiger partial charge on any atom is 0.217 e. The number of rotatable bonds is 14. The van der Waals surface area contributed by atoms with Crippen molar-refractivity contribution in [1.29, 1.82) is 0 Å². The fourth-order valence-electron chi connectivity index (χ4n) is 2.32. The van der Waals surface area contributed by atoms with Crippen molar-refractivity contribution in [1.82, 2.24) is 0 Å². The Morgan fingerprint density at radius 3 is 1.32 bits per heavy atom. The molecule has 0 atom stereocenters. The van der Waals surface area contributed by atoms with Gasteiger partial charge in [0.05, 0.1) is 0 Å². The molecule has 2 heteroatoms. The summed E-state index contributed by atoms with van der Waals surface area (Å²) in [6.45, 7) is 2.27. The fraction of sp³-hybridized carbons (Fsp3) is 0.941. The number of hydrogen-bond donors (Lipinski definition) is 1. The van der Waals surface area contributed by atoms with Crippen LogP contribution < -0.4 is 5.73 Å². The zero-order valence-corrected chi connectivity index (χ0v) is 12.4. The molecule has 19 heavy (non-hydrogen) atoms. The van der Waals surface area contributed by atoms with Gasteiger partial charge in [0.15, 0.2) is 0 Å². The van der Waals surface area contributed by atoms with Crippen LogP contribution in [0.25, 0.3) is 0 Å². The van der Waals surface area contributed by atoms with Crippen molar-refractivity contribution in [3.8, 4) is 0 Å². The second-order valence-corrected chi connectivity index (χ2v) is 5.46. The van der Waals surface area contributed by atoms with E-state index >= 15 is 0 Å². The Balaban J connectivity index is 0. The normalized spacial score (nSPS) is 10.2. The summed E-state index contributed by atoms with van der Waals surface area (Å²) in [6.07, 6.45) is 17.9. The van der Waals surface area contributed by atoms with E-state index in [1.165, 1.54) is 77.0 Å². The molecular weight excluding hydrogens is 234 g/mol. The van der Waals surface area contributed by atoms with Crippen molar-refractivity contribution >= 4 is 5.91 Å². The van der Waals surface area contributed by atoms with Gasteiger partial charge in [-0.2, -0.15) is 0 Å². The van der Waals surface area contributed by atoms with E-state index in [-0.39, 0.29) is 13.3 Å². The van der Waals surface area contributed by atoms with Crippen LogP contribution in [0.3, 0.4) is 0 Å². The van der Waals surface area contributed by atoms with E-state index in [0.29, 0.717) is 6.42 Å². The van der Waals surface area contributed by atoms with Gasteiger partial charge in [0.2, 0.25) is 5.91 Å². The van der Waals surface area contributed by atoms with Crippen molar-refractivity contribution < 1.29 is 4.79 Å². The van der Waals surface area contributed by atoms with Crippen molar-refractivity contribution in [3.05, 3.63) is 0 Å². The highest BCUT2D eigenvalue weighted by molar-refractivity contribution is 5.73. The summed E-state index contributed by atoms with van der Waals surface area (Å²) in [5.41, 5.74) is 5.09. The van der Waals surface area contributed by atoms with Gasteiger partial charge < -0.3 is 5.73 Å². The van der Waals surface area contributed by atoms with Gasteiger partial charge in [-0.05, 0) is 6.42 Å². The zero-order valence-electron chi connectivity index (χ0n) is 12.4. The molecule has 0 aliphatic rings. The predicted octanol–water partition coefficient (Wildman–Crippen LogP) is 5.59. The maximum atomic E-state index is 10.5. The Morgan fingerprint density at radius 2 is 1.00 bits per heavy atom. The first-order valence-electron chi connectivity index (χ1n) is 8.05. The SMILES string of the molecule is C.CCCCCCCCCCCCCCCC(N)=O. The van der Waals surface area contributed by atoms with E-state index in [1.54, 1.807) is 0 Å². The molecule has 0 fully saturated rings. The third-order valence-corrected chi connectivity index (χ3v) is 3.53. The Labute approximate surface area is 121 Å². The number of amides is 1. The molecule has 0 aliphatic carbocycles. The van der Waals surface area contributed by atoms with E-state index in [1.807, 2.05) is 0 Å².